The van der Waals surface area contributed by atoms with Crippen LogP contribution in [0, 0.1) is 5.92 Å². The number of hydrogen-bond donors (Lipinski definition) is 0. The average Bonchev–Trinajstić information content (AvgIpc) is 2.44. The fraction of sp³-hybridized carbons (Fsp3) is 0.727. The van der Waals surface area contributed by atoms with Gasteiger partial charge in [0.15, 0.2) is 5.78 Å². The van der Waals surface area contributed by atoms with Crippen molar-refractivity contribution in [2.75, 3.05) is 13.1 Å². The fourth-order valence-corrected chi connectivity index (χ4v) is 1.50. The summed E-state index contributed by atoms with van der Waals surface area (Å²) in [5.41, 5.74) is -0.610. The lowest BCUT2D eigenvalue weighted by molar-refractivity contribution is -0.160. The Morgan fingerprint density at radius 3 is 2.31 bits per heavy atom. The van der Waals surface area contributed by atoms with Crippen molar-refractivity contribution < 1.29 is 19.1 Å². The lowest BCUT2D eigenvalue weighted by Gasteiger charge is -2.21. The number of likely N-dealkylation sites (tertiary alicyclic amines) is 1. The Balaban J connectivity index is 2.65. The average molecular weight is 227 g/mol. The van der Waals surface area contributed by atoms with Gasteiger partial charge >= 0.3 is 5.97 Å². The van der Waals surface area contributed by atoms with Crippen molar-refractivity contribution >= 4 is 17.7 Å². The van der Waals surface area contributed by atoms with Gasteiger partial charge < -0.3 is 9.64 Å². The molecule has 0 spiro atoms. The number of ether oxygens (including phenoxy) is 1. The molecule has 0 aliphatic carbocycles. The summed E-state index contributed by atoms with van der Waals surface area (Å²) < 4.78 is 5.12. The molecule has 1 heterocycles. The van der Waals surface area contributed by atoms with Crippen LogP contribution in [0.25, 0.3) is 0 Å². The Hall–Kier alpha value is -1.39. The third-order valence-electron chi connectivity index (χ3n) is 2.27. The van der Waals surface area contributed by atoms with Crippen molar-refractivity contribution in [3.05, 3.63) is 0 Å². The van der Waals surface area contributed by atoms with Crippen LogP contribution in [0.4, 0.5) is 0 Å². The molecule has 1 unspecified atom stereocenters. The van der Waals surface area contributed by atoms with Gasteiger partial charge in [0.1, 0.15) is 11.5 Å². The van der Waals surface area contributed by atoms with Crippen molar-refractivity contribution in [3.63, 3.8) is 0 Å². The van der Waals surface area contributed by atoms with E-state index >= 15 is 0 Å². The van der Waals surface area contributed by atoms with Gasteiger partial charge in [-0.1, -0.05) is 0 Å². The molecule has 5 heteroatoms. The molecule has 1 saturated heterocycles. The van der Waals surface area contributed by atoms with Crippen molar-refractivity contribution in [1.82, 2.24) is 4.90 Å². The second kappa shape index (κ2) is 4.23. The van der Waals surface area contributed by atoms with Crippen LogP contribution in [0.3, 0.4) is 0 Å². The predicted molar refractivity (Wildman–Crippen MR) is 56.6 cm³/mol. The SMILES string of the molecule is CC(=O)N1CC(=O)C(C(=O)OC(C)(C)C)C1. The Morgan fingerprint density at radius 1 is 1.38 bits per heavy atom. The molecule has 0 radical (unpaired) electrons. The second-order valence-corrected chi connectivity index (χ2v) is 4.95. The molecule has 90 valence electrons. The van der Waals surface area contributed by atoms with Crippen LogP contribution in [-0.2, 0) is 19.1 Å². The maximum absolute atomic E-state index is 11.7. The van der Waals surface area contributed by atoms with Gasteiger partial charge in [0.25, 0.3) is 0 Å². The van der Waals surface area contributed by atoms with Gasteiger partial charge in [-0.3, -0.25) is 14.4 Å². The highest BCUT2D eigenvalue weighted by Gasteiger charge is 2.39. The molecule has 0 bridgehead atoms. The lowest BCUT2D eigenvalue weighted by atomic mass is 10.1. The molecule has 0 saturated carbocycles. The topological polar surface area (TPSA) is 63.7 Å². The van der Waals surface area contributed by atoms with Crippen molar-refractivity contribution in [3.8, 4) is 0 Å². The van der Waals surface area contributed by atoms with Gasteiger partial charge in [-0.15, -0.1) is 0 Å². The highest BCUT2D eigenvalue weighted by atomic mass is 16.6. The number of esters is 1. The summed E-state index contributed by atoms with van der Waals surface area (Å²) in [6.45, 7) is 6.76. The zero-order chi connectivity index (χ0) is 12.5. The van der Waals surface area contributed by atoms with Crippen LogP contribution in [0.15, 0.2) is 0 Å². The molecule has 1 aliphatic heterocycles. The zero-order valence-corrected chi connectivity index (χ0v) is 10.1. The number of Topliss-reactive ketones (excluding diaryl/α,β-unsaturated/α-hetero) is 1. The lowest BCUT2D eigenvalue weighted by Crippen LogP contribution is -2.33. The van der Waals surface area contributed by atoms with Crippen LogP contribution < -0.4 is 0 Å². The normalized spacial score (nSPS) is 21.1. The molecule has 1 aliphatic rings. The van der Waals surface area contributed by atoms with Gasteiger partial charge in [-0.25, -0.2) is 0 Å². The fourth-order valence-electron chi connectivity index (χ4n) is 1.50. The molecule has 0 aromatic heterocycles. The van der Waals surface area contributed by atoms with Crippen molar-refractivity contribution in [1.29, 1.82) is 0 Å². The molecule has 1 atom stereocenters. The maximum Gasteiger partial charge on any atom is 0.318 e. The minimum atomic E-state index is -0.817. The zero-order valence-electron chi connectivity index (χ0n) is 10.1. The van der Waals surface area contributed by atoms with Gasteiger partial charge in [-0.2, -0.15) is 0 Å². The van der Waals surface area contributed by atoms with Gasteiger partial charge in [0, 0.05) is 13.5 Å². The summed E-state index contributed by atoms with van der Waals surface area (Å²) in [6.07, 6.45) is 0. The molecule has 1 fully saturated rings. The molecule has 1 amide bonds. The van der Waals surface area contributed by atoms with Crippen molar-refractivity contribution in [2.45, 2.75) is 33.3 Å². The standard InChI is InChI=1S/C11H17NO4/c1-7(13)12-5-8(9(14)6-12)10(15)16-11(2,3)4/h8H,5-6H2,1-4H3. The monoisotopic (exact) mass is 227 g/mol. The first-order valence-electron chi connectivity index (χ1n) is 5.22. The van der Waals surface area contributed by atoms with E-state index in [0.29, 0.717) is 0 Å². The van der Waals surface area contributed by atoms with E-state index in [0.717, 1.165) is 0 Å². The number of rotatable bonds is 1. The second-order valence-electron chi connectivity index (χ2n) is 4.95. The van der Waals surface area contributed by atoms with E-state index in [4.69, 9.17) is 4.74 Å². The summed E-state index contributed by atoms with van der Waals surface area (Å²) in [6, 6.07) is 0. The summed E-state index contributed by atoms with van der Waals surface area (Å²) in [5, 5.41) is 0. The van der Waals surface area contributed by atoms with E-state index < -0.39 is 17.5 Å². The number of carbonyl (C=O) groups is 3. The Labute approximate surface area is 94.7 Å². The summed E-state index contributed by atoms with van der Waals surface area (Å²) in [5.74, 6) is -1.80. The molecule has 0 N–H and O–H groups in total. The number of ketones is 1. The molecule has 1 rings (SSSR count). The van der Waals surface area contributed by atoms with E-state index in [1.807, 2.05) is 0 Å². The van der Waals surface area contributed by atoms with Crippen LogP contribution in [0.5, 0.6) is 0 Å². The summed E-state index contributed by atoms with van der Waals surface area (Å²) in [4.78, 5) is 35.6. The maximum atomic E-state index is 11.7. The predicted octanol–water partition coefficient (Wildman–Crippen LogP) is 0.375. The summed E-state index contributed by atoms with van der Waals surface area (Å²) in [7, 11) is 0. The third kappa shape index (κ3) is 3.05. The highest BCUT2D eigenvalue weighted by molar-refractivity contribution is 6.03. The molecule has 0 aromatic carbocycles. The molecular formula is C11H17NO4. The Kier molecular flexibility index (Phi) is 3.35. The minimum absolute atomic E-state index is 0.0131. The number of carbonyl (C=O) groups excluding carboxylic acids is 3. The van der Waals surface area contributed by atoms with E-state index in [1.165, 1.54) is 11.8 Å². The quantitative estimate of drug-likeness (QED) is 0.480. The van der Waals surface area contributed by atoms with Crippen LogP contribution in [0.1, 0.15) is 27.7 Å². The van der Waals surface area contributed by atoms with Crippen LogP contribution >= 0.6 is 0 Å². The van der Waals surface area contributed by atoms with E-state index in [9.17, 15) is 14.4 Å². The molecule has 5 nitrogen and oxygen atoms in total. The summed E-state index contributed by atoms with van der Waals surface area (Å²) >= 11 is 0. The first-order chi connectivity index (χ1) is 7.20. The number of nitrogens with zero attached hydrogens (tertiary/aromatic N) is 1. The van der Waals surface area contributed by atoms with Crippen molar-refractivity contribution in [2.24, 2.45) is 5.92 Å². The first-order valence-corrected chi connectivity index (χ1v) is 5.22. The third-order valence-corrected chi connectivity index (χ3v) is 2.27. The van der Waals surface area contributed by atoms with Crippen LogP contribution in [-0.4, -0.2) is 41.3 Å². The highest BCUT2D eigenvalue weighted by Crippen LogP contribution is 2.18. The van der Waals surface area contributed by atoms with Gasteiger partial charge in [0.2, 0.25) is 5.91 Å². The Morgan fingerprint density at radius 2 is 1.94 bits per heavy atom. The number of amides is 1. The molecule has 0 aromatic rings. The van der Waals surface area contributed by atoms with E-state index in [1.54, 1.807) is 20.8 Å². The Bertz CT molecular complexity index is 329. The minimum Gasteiger partial charge on any atom is -0.459 e. The molecule has 16 heavy (non-hydrogen) atoms. The smallest absolute Gasteiger partial charge is 0.318 e. The largest absolute Gasteiger partial charge is 0.459 e. The number of hydrogen-bond acceptors (Lipinski definition) is 4. The van der Waals surface area contributed by atoms with Crippen LogP contribution in [0.2, 0.25) is 0 Å². The van der Waals surface area contributed by atoms with Gasteiger partial charge in [0.05, 0.1) is 6.54 Å². The van der Waals surface area contributed by atoms with E-state index in [2.05, 4.69) is 0 Å². The molecular weight excluding hydrogens is 210 g/mol. The van der Waals surface area contributed by atoms with Gasteiger partial charge in [-0.05, 0) is 20.8 Å². The first kappa shape index (κ1) is 12.7. The van der Waals surface area contributed by atoms with E-state index in [-0.39, 0.29) is 24.8 Å².